The highest BCUT2D eigenvalue weighted by Gasteiger charge is 2.29. The first-order valence-corrected chi connectivity index (χ1v) is 6.13. The van der Waals surface area contributed by atoms with Crippen molar-refractivity contribution in [1.82, 2.24) is 0 Å². The molecule has 1 saturated carbocycles. The van der Waals surface area contributed by atoms with Crippen molar-refractivity contribution in [2.24, 2.45) is 5.92 Å². The number of aryl methyl sites for hydroxylation is 1. The Morgan fingerprint density at radius 1 is 1.53 bits per heavy atom. The first kappa shape index (κ1) is 11.9. The van der Waals surface area contributed by atoms with Crippen LogP contribution >= 0.6 is 0 Å². The molecule has 2 rings (SSSR count). The molecule has 0 aliphatic heterocycles. The Morgan fingerprint density at radius 2 is 2.24 bits per heavy atom. The molecule has 1 aromatic carbocycles. The van der Waals surface area contributed by atoms with Crippen molar-refractivity contribution in [3.8, 4) is 0 Å². The number of hydrogen-bond donors (Lipinski definition) is 1. The van der Waals surface area contributed by atoms with Crippen molar-refractivity contribution in [1.29, 1.82) is 0 Å². The average molecular weight is 234 g/mol. The number of nitro groups is 1. The van der Waals surface area contributed by atoms with Crippen LogP contribution < -0.4 is 5.32 Å². The van der Waals surface area contributed by atoms with E-state index >= 15 is 0 Å². The maximum absolute atomic E-state index is 10.7. The molecule has 0 amide bonds. The molecule has 1 unspecified atom stereocenters. The van der Waals surface area contributed by atoms with Crippen molar-refractivity contribution in [2.45, 2.75) is 39.2 Å². The van der Waals surface area contributed by atoms with Gasteiger partial charge in [-0.15, -0.1) is 0 Å². The van der Waals surface area contributed by atoms with Crippen LogP contribution in [-0.4, -0.2) is 11.0 Å². The van der Waals surface area contributed by atoms with Gasteiger partial charge in [0.25, 0.3) is 5.69 Å². The fourth-order valence-corrected chi connectivity index (χ4v) is 2.22. The van der Waals surface area contributed by atoms with Crippen LogP contribution in [0.4, 0.5) is 11.4 Å². The van der Waals surface area contributed by atoms with Crippen LogP contribution in [0.1, 0.15) is 31.7 Å². The summed E-state index contributed by atoms with van der Waals surface area (Å²) in [6.07, 6.45) is 3.70. The summed E-state index contributed by atoms with van der Waals surface area (Å²) < 4.78 is 0. The molecule has 0 radical (unpaired) electrons. The van der Waals surface area contributed by atoms with E-state index in [-0.39, 0.29) is 10.6 Å². The normalized spacial score (nSPS) is 16.6. The van der Waals surface area contributed by atoms with Gasteiger partial charge in [0.2, 0.25) is 0 Å². The Balaban J connectivity index is 2.11. The van der Waals surface area contributed by atoms with Gasteiger partial charge in [-0.3, -0.25) is 10.1 Å². The molecule has 0 spiro atoms. The number of rotatable bonds is 5. The summed E-state index contributed by atoms with van der Waals surface area (Å²) in [4.78, 5) is 10.4. The summed E-state index contributed by atoms with van der Waals surface area (Å²) in [5, 5.41) is 14.2. The third-order valence-corrected chi connectivity index (χ3v) is 3.38. The molecular formula is C13H18N2O2. The number of benzene rings is 1. The van der Waals surface area contributed by atoms with E-state index in [1.807, 2.05) is 6.07 Å². The second-order valence-electron chi connectivity index (χ2n) is 4.75. The molecule has 1 fully saturated rings. The minimum Gasteiger partial charge on any atom is -0.382 e. The van der Waals surface area contributed by atoms with Crippen LogP contribution in [0.25, 0.3) is 0 Å². The first-order chi connectivity index (χ1) is 8.11. The van der Waals surface area contributed by atoms with Gasteiger partial charge in [-0.1, -0.05) is 6.92 Å². The number of hydrogen-bond acceptors (Lipinski definition) is 3. The van der Waals surface area contributed by atoms with E-state index in [9.17, 15) is 10.1 Å². The molecular weight excluding hydrogens is 216 g/mol. The van der Waals surface area contributed by atoms with Crippen molar-refractivity contribution in [3.63, 3.8) is 0 Å². The fraction of sp³-hybridized carbons (Fsp3) is 0.538. The zero-order valence-corrected chi connectivity index (χ0v) is 10.3. The van der Waals surface area contributed by atoms with Crippen LogP contribution in [0.3, 0.4) is 0 Å². The van der Waals surface area contributed by atoms with Gasteiger partial charge in [0.15, 0.2) is 0 Å². The zero-order valence-electron chi connectivity index (χ0n) is 10.3. The molecule has 1 aromatic rings. The van der Waals surface area contributed by atoms with E-state index in [1.54, 1.807) is 19.1 Å². The number of nitrogens with one attached hydrogen (secondary N) is 1. The quantitative estimate of drug-likeness (QED) is 0.626. The molecule has 4 nitrogen and oxygen atoms in total. The minimum atomic E-state index is -0.336. The zero-order chi connectivity index (χ0) is 12.4. The Kier molecular flexibility index (Phi) is 3.31. The molecule has 0 heterocycles. The van der Waals surface area contributed by atoms with Crippen molar-refractivity contribution >= 4 is 11.4 Å². The lowest BCUT2D eigenvalue weighted by Crippen LogP contribution is -2.20. The average Bonchev–Trinajstić information content (AvgIpc) is 3.09. The Bertz CT molecular complexity index is 427. The first-order valence-electron chi connectivity index (χ1n) is 6.13. The molecule has 0 bridgehead atoms. The Morgan fingerprint density at radius 3 is 2.71 bits per heavy atom. The number of nitro benzene ring substituents is 1. The van der Waals surface area contributed by atoms with Crippen LogP contribution in [0.2, 0.25) is 0 Å². The summed E-state index contributed by atoms with van der Waals surface area (Å²) in [5.41, 5.74) is 1.90. The highest BCUT2D eigenvalue weighted by molar-refractivity contribution is 5.54. The van der Waals surface area contributed by atoms with E-state index < -0.39 is 0 Å². The molecule has 1 N–H and O–H groups in total. The highest BCUT2D eigenvalue weighted by atomic mass is 16.6. The smallest absolute Gasteiger partial charge is 0.272 e. The van der Waals surface area contributed by atoms with E-state index in [4.69, 9.17) is 0 Å². The largest absolute Gasteiger partial charge is 0.382 e. The van der Waals surface area contributed by atoms with Crippen molar-refractivity contribution in [2.75, 3.05) is 5.32 Å². The Hall–Kier alpha value is -1.58. The van der Waals surface area contributed by atoms with Crippen LogP contribution in [0.15, 0.2) is 18.2 Å². The summed E-state index contributed by atoms with van der Waals surface area (Å²) in [7, 11) is 0. The standard InChI is InChI=1S/C13H18N2O2/c1-3-12(10-4-5-10)14-11-6-7-13(15(16)17)9(2)8-11/h6-8,10,12,14H,3-5H2,1-2H3. The molecule has 4 heteroatoms. The number of anilines is 1. The molecule has 0 aromatic heterocycles. The monoisotopic (exact) mass is 234 g/mol. The van der Waals surface area contributed by atoms with E-state index in [0.717, 1.165) is 18.0 Å². The van der Waals surface area contributed by atoms with E-state index in [1.165, 1.54) is 12.8 Å². The maximum atomic E-state index is 10.7. The highest BCUT2D eigenvalue weighted by Crippen LogP contribution is 2.36. The molecule has 17 heavy (non-hydrogen) atoms. The van der Waals surface area contributed by atoms with E-state index in [2.05, 4.69) is 12.2 Å². The SMILES string of the molecule is CCC(Nc1ccc([N+](=O)[O-])c(C)c1)C1CC1. The van der Waals surface area contributed by atoms with E-state index in [0.29, 0.717) is 11.6 Å². The third kappa shape index (κ3) is 2.75. The van der Waals surface area contributed by atoms with Gasteiger partial charge in [-0.2, -0.15) is 0 Å². The van der Waals surface area contributed by atoms with Crippen LogP contribution in [0.5, 0.6) is 0 Å². The Labute approximate surface area is 101 Å². The lowest BCUT2D eigenvalue weighted by atomic mass is 10.1. The molecule has 92 valence electrons. The van der Waals surface area contributed by atoms with Gasteiger partial charge in [0.05, 0.1) is 4.92 Å². The maximum Gasteiger partial charge on any atom is 0.272 e. The van der Waals surface area contributed by atoms with Crippen LogP contribution in [-0.2, 0) is 0 Å². The van der Waals surface area contributed by atoms with Crippen molar-refractivity contribution < 1.29 is 4.92 Å². The molecule has 0 saturated heterocycles. The third-order valence-electron chi connectivity index (χ3n) is 3.38. The van der Waals surface area contributed by atoms with Gasteiger partial charge >= 0.3 is 0 Å². The van der Waals surface area contributed by atoms with Crippen LogP contribution in [0, 0.1) is 23.0 Å². The topological polar surface area (TPSA) is 55.2 Å². The lowest BCUT2D eigenvalue weighted by Gasteiger charge is -2.17. The summed E-state index contributed by atoms with van der Waals surface area (Å²) in [6.45, 7) is 3.95. The lowest BCUT2D eigenvalue weighted by molar-refractivity contribution is -0.385. The second-order valence-corrected chi connectivity index (χ2v) is 4.75. The number of nitrogens with zero attached hydrogens (tertiary/aromatic N) is 1. The molecule has 1 aliphatic rings. The minimum absolute atomic E-state index is 0.190. The van der Waals surface area contributed by atoms with Crippen molar-refractivity contribution in [3.05, 3.63) is 33.9 Å². The summed E-state index contributed by atoms with van der Waals surface area (Å²) in [6, 6.07) is 5.76. The van der Waals surface area contributed by atoms with Gasteiger partial charge in [-0.05, 0) is 44.2 Å². The van der Waals surface area contributed by atoms with Gasteiger partial charge < -0.3 is 5.32 Å². The summed E-state index contributed by atoms with van der Waals surface area (Å²) in [5.74, 6) is 0.787. The van der Waals surface area contributed by atoms with Gasteiger partial charge in [-0.25, -0.2) is 0 Å². The fourth-order valence-electron chi connectivity index (χ4n) is 2.22. The van der Waals surface area contributed by atoms with Gasteiger partial charge in [0, 0.05) is 23.4 Å². The second kappa shape index (κ2) is 4.73. The predicted octanol–water partition coefficient (Wildman–Crippen LogP) is 3.50. The predicted molar refractivity (Wildman–Crippen MR) is 68.3 cm³/mol. The van der Waals surface area contributed by atoms with Gasteiger partial charge in [0.1, 0.15) is 0 Å². The molecule has 1 atom stereocenters. The molecule has 1 aliphatic carbocycles. The summed E-state index contributed by atoms with van der Waals surface area (Å²) >= 11 is 0.